The minimum Gasteiger partial charge on any atom is -0.497 e. The van der Waals surface area contributed by atoms with Crippen LogP contribution in [0, 0.1) is 16.2 Å². The molecule has 0 radical (unpaired) electrons. The molecule has 0 unspecified atom stereocenters. The second-order valence-electron chi connectivity index (χ2n) is 17.4. The fraction of sp³-hybridized carbons (Fsp3) is 0.136. The van der Waals surface area contributed by atoms with E-state index >= 15 is 0 Å². The monoisotopic (exact) mass is 1280 g/mol. The Balaban J connectivity index is 0.000000188. The fourth-order valence-corrected chi connectivity index (χ4v) is 10.4. The summed E-state index contributed by atoms with van der Waals surface area (Å²) in [6, 6.07) is 48.6. The maximum absolute atomic E-state index is 11.6. The molecule has 18 nitrogen and oxygen atoms in total. The van der Waals surface area contributed by atoms with E-state index in [1.54, 1.807) is 19.4 Å². The van der Waals surface area contributed by atoms with Crippen molar-refractivity contribution < 1.29 is 79.4 Å². The highest BCUT2D eigenvalue weighted by molar-refractivity contribution is 7.21. The van der Waals surface area contributed by atoms with Gasteiger partial charge in [0, 0.05) is 19.5 Å². The molecule has 10 aromatic rings. The number of carboxylic acids is 2. The molecule has 10 rings (SSSR count). The molecule has 11 N–H and O–H groups in total. The first-order valence-corrected chi connectivity index (χ1v) is 28.3. The maximum atomic E-state index is 11.6. The Morgan fingerprint density at radius 1 is 0.517 bits per heavy atom. The largest absolute Gasteiger partial charge is 0.497 e. The van der Waals surface area contributed by atoms with E-state index in [9.17, 15) is 31.1 Å². The quantitative estimate of drug-likeness (QED) is 0.0182. The van der Waals surface area contributed by atoms with Crippen LogP contribution in [0.1, 0.15) is 48.2 Å². The molecule has 0 spiro atoms. The summed E-state index contributed by atoms with van der Waals surface area (Å²) >= 11 is 5.80. The van der Waals surface area contributed by atoms with Crippen molar-refractivity contribution in [2.75, 3.05) is 13.7 Å². The SMILES string of the molecule is CCOC(=O)c1csc(COc2ccc3cc(C(=N)N)sc3c2)n1.COc1ccc(COc2ccc3cc(C(=N)N)sc3c2)cc1.N=C(N)c1cc2ccc(OCc3cccc(Oc4ccccc4)c3)cc2s1.O=C(O)C(F)(F)F.O=C(O)C(F)(F)F. The van der Waals surface area contributed by atoms with Gasteiger partial charge in [0.25, 0.3) is 0 Å². The average molecular weight is 1280 g/mol. The fourth-order valence-electron chi connectivity index (χ4n) is 6.90. The standard InChI is InChI=1S/C22H18N2O2S.C17H16N2O2S.C16H15N3O3S2.2C2HF3O2/c23-22(24)21-12-16-9-10-18(13-20(16)27-21)25-14-15-5-4-8-19(11-15)26-17-6-2-1-3-7-17;1-20-13-5-2-11(3-6-13)10-21-14-7-4-12-8-16(17(18)19)22-15(12)9-14;1-2-21-16(20)11-8-23-14(19-11)7-22-10-4-3-9-5-13(15(17)18)24-12(9)6-10;2*3-2(4,5)1(6)7/h1-13H,14H2,(H3,23,24);2-9H,10H2,1H3,(H3,18,19);3-6,8H,2,7H2,1H3,(H3,17,18);2*(H,6,7). The number of carbonyl (C=O) groups is 3. The molecule has 0 bridgehead atoms. The zero-order valence-corrected chi connectivity index (χ0v) is 48.8. The molecule has 0 amide bonds. The van der Waals surface area contributed by atoms with Gasteiger partial charge in [-0.2, -0.15) is 26.3 Å². The molecule has 6 aromatic carbocycles. The first kappa shape index (κ1) is 66.4. The third kappa shape index (κ3) is 20.8. The predicted molar refractivity (Wildman–Crippen MR) is 323 cm³/mol. The summed E-state index contributed by atoms with van der Waals surface area (Å²) in [6.45, 7) is 3.31. The van der Waals surface area contributed by atoms with Crippen LogP contribution in [0.25, 0.3) is 30.3 Å². The molecule has 0 aliphatic rings. The number of nitrogens with one attached hydrogen (secondary N) is 3. The topological polar surface area (TPSA) is 310 Å². The van der Waals surface area contributed by atoms with E-state index in [4.69, 9.17) is 81.7 Å². The molecule has 87 heavy (non-hydrogen) atoms. The van der Waals surface area contributed by atoms with E-state index in [1.807, 2.05) is 152 Å². The highest BCUT2D eigenvalue weighted by Gasteiger charge is 2.39. The van der Waals surface area contributed by atoms with Crippen molar-refractivity contribution in [3.05, 3.63) is 193 Å². The highest BCUT2D eigenvalue weighted by atomic mass is 32.1. The second kappa shape index (κ2) is 30.9. The molecule has 0 aliphatic carbocycles. The van der Waals surface area contributed by atoms with Crippen LogP contribution >= 0.6 is 45.3 Å². The molecule has 454 valence electrons. The molecule has 28 heteroatoms. The number of hydrogen-bond donors (Lipinski definition) is 8. The van der Waals surface area contributed by atoms with Gasteiger partial charge in [-0.3, -0.25) is 16.2 Å². The van der Waals surface area contributed by atoms with Gasteiger partial charge in [-0.05, 0) is 143 Å². The number of hydrogen-bond acceptors (Lipinski definition) is 17. The summed E-state index contributed by atoms with van der Waals surface area (Å²) in [7, 11) is 1.65. The van der Waals surface area contributed by atoms with Crippen molar-refractivity contribution in [1.82, 2.24) is 4.98 Å². The normalized spacial score (nSPS) is 10.8. The Kier molecular flexibility index (Phi) is 23.5. The van der Waals surface area contributed by atoms with Crippen LogP contribution in [-0.4, -0.2) is 76.7 Å². The van der Waals surface area contributed by atoms with Crippen LogP contribution in [0.15, 0.2) is 157 Å². The number of nitrogens with two attached hydrogens (primary N) is 3. The number of methoxy groups -OCH3 is 1. The molecular weight excluding hydrogens is 1220 g/mol. The smallest absolute Gasteiger partial charge is 0.490 e. The van der Waals surface area contributed by atoms with Crippen LogP contribution in [0.2, 0.25) is 0 Å². The summed E-state index contributed by atoms with van der Waals surface area (Å²) in [4.78, 5) is 35.9. The lowest BCUT2D eigenvalue weighted by molar-refractivity contribution is -0.193. The van der Waals surface area contributed by atoms with Gasteiger partial charge in [-0.15, -0.1) is 45.3 Å². The van der Waals surface area contributed by atoms with E-state index in [0.717, 1.165) is 84.8 Å². The van der Waals surface area contributed by atoms with Crippen molar-refractivity contribution in [3.8, 4) is 34.5 Å². The van der Waals surface area contributed by atoms with Crippen LogP contribution in [0.5, 0.6) is 34.5 Å². The zero-order valence-electron chi connectivity index (χ0n) is 45.5. The molecule has 4 aromatic heterocycles. The molecule has 0 aliphatic heterocycles. The number of para-hydroxylation sites is 1. The number of thiazole rings is 1. The summed E-state index contributed by atoms with van der Waals surface area (Å²) in [5, 5.41) is 42.3. The van der Waals surface area contributed by atoms with Gasteiger partial charge in [0.1, 0.15) is 76.8 Å². The number of halogens is 6. The number of fused-ring (bicyclic) bond motifs is 3. The minimum absolute atomic E-state index is 0.0629. The summed E-state index contributed by atoms with van der Waals surface area (Å²) < 4.78 is 100. The van der Waals surface area contributed by atoms with E-state index in [0.29, 0.717) is 36.3 Å². The molecule has 0 saturated heterocycles. The zero-order chi connectivity index (χ0) is 63.4. The lowest BCUT2D eigenvalue weighted by Gasteiger charge is -2.09. The van der Waals surface area contributed by atoms with Gasteiger partial charge in [0.15, 0.2) is 5.69 Å². The van der Waals surface area contributed by atoms with E-state index < -0.39 is 30.3 Å². The van der Waals surface area contributed by atoms with Crippen molar-refractivity contribution in [2.24, 2.45) is 17.2 Å². The van der Waals surface area contributed by atoms with Gasteiger partial charge in [0.05, 0.1) is 28.3 Å². The predicted octanol–water partition coefficient (Wildman–Crippen LogP) is 14.0. The summed E-state index contributed by atoms with van der Waals surface area (Å²) in [5.74, 6) is -0.968. The van der Waals surface area contributed by atoms with Crippen molar-refractivity contribution >= 4 is 111 Å². The average Bonchev–Trinajstić information content (AvgIpc) is 2.39. The van der Waals surface area contributed by atoms with Gasteiger partial charge >= 0.3 is 30.3 Å². The van der Waals surface area contributed by atoms with Gasteiger partial charge in [-0.1, -0.05) is 42.5 Å². The Hall–Kier alpha value is -9.77. The number of nitrogens with zero attached hydrogens (tertiary/aromatic N) is 1. The Bertz CT molecular complexity index is 3980. The number of rotatable bonds is 17. The summed E-state index contributed by atoms with van der Waals surface area (Å²) in [5.41, 5.74) is 19.0. The first-order valence-electron chi connectivity index (χ1n) is 25.0. The lowest BCUT2D eigenvalue weighted by Crippen LogP contribution is -2.21. The molecule has 0 fully saturated rings. The van der Waals surface area contributed by atoms with Crippen LogP contribution in [0.4, 0.5) is 26.3 Å². The number of carboxylic acid groups (broad SMARTS) is 2. The van der Waals surface area contributed by atoms with Crippen molar-refractivity contribution in [1.29, 1.82) is 16.2 Å². The molecule has 0 saturated carbocycles. The number of nitrogen functional groups attached to an aromatic ring is 3. The van der Waals surface area contributed by atoms with Crippen LogP contribution in [-0.2, 0) is 34.1 Å². The third-order valence-corrected chi connectivity index (χ3v) is 15.2. The van der Waals surface area contributed by atoms with Gasteiger partial charge in [-0.25, -0.2) is 19.4 Å². The number of ether oxygens (including phenoxy) is 6. The van der Waals surface area contributed by atoms with Gasteiger partial charge in [0.2, 0.25) is 0 Å². The van der Waals surface area contributed by atoms with E-state index in [1.165, 1.54) is 45.3 Å². The van der Waals surface area contributed by atoms with Gasteiger partial charge < -0.3 is 55.8 Å². The minimum atomic E-state index is -5.08. The Morgan fingerprint density at radius 2 is 0.931 bits per heavy atom. The Morgan fingerprint density at radius 3 is 1.34 bits per heavy atom. The van der Waals surface area contributed by atoms with Crippen molar-refractivity contribution in [2.45, 2.75) is 39.1 Å². The first-order chi connectivity index (χ1) is 41.3. The maximum Gasteiger partial charge on any atom is 0.490 e. The number of aliphatic carboxylic acids is 2. The summed E-state index contributed by atoms with van der Waals surface area (Å²) in [6.07, 6.45) is -10.2. The third-order valence-electron chi connectivity index (χ3n) is 11.0. The van der Waals surface area contributed by atoms with Crippen LogP contribution < -0.4 is 40.9 Å². The molecule has 0 atom stereocenters. The number of esters is 1. The van der Waals surface area contributed by atoms with E-state index in [2.05, 4.69) is 4.98 Å². The molecule has 4 heterocycles. The van der Waals surface area contributed by atoms with Crippen LogP contribution in [0.3, 0.4) is 0 Å². The van der Waals surface area contributed by atoms with E-state index in [-0.39, 0.29) is 24.1 Å². The van der Waals surface area contributed by atoms with Crippen molar-refractivity contribution in [3.63, 3.8) is 0 Å². The number of alkyl halides is 6. The number of carbonyl (C=O) groups excluding carboxylic acids is 1. The Labute approximate surface area is 507 Å². The lowest BCUT2D eigenvalue weighted by atomic mass is 10.2. The second-order valence-corrected chi connectivity index (χ2v) is 21.6. The highest BCUT2D eigenvalue weighted by Crippen LogP contribution is 2.33. The number of thiophene rings is 3. The number of amidine groups is 3. The molecular formula is C59H51F6N7O11S4. The number of aromatic nitrogens is 1. The number of benzene rings is 6.